The van der Waals surface area contributed by atoms with Crippen molar-refractivity contribution in [2.75, 3.05) is 32.8 Å². The average Bonchev–Trinajstić information content (AvgIpc) is 2.33. The zero-order valence-electron chi connectivity index (χ0n) is 12.1. The molecule has 1 unspecified atom stereocenters. The number of carbonyl (C=O) groups excluding carboxylic acids is 1. The topological polar surface area (TPSA) is 41.6 Å². The van der Waals surface area contributed by atoms with E-state index in [0.29, 0.717) is 25.0 Å². The number of ether oxygens (including phenoxy) is 1. The monoisotopic (exact) mass is 256 g/mol. The van der Waals surface area contributed by atoms with E-state index in [1.165, 1.54) is 6.42 Å². The molecule has 4 nitrogen and oxygen atoms in total. The number of rotatable bonds is 6. The van der Waals surface area contributed by atoms with E-state index in [4.69, 9.17) is 4.74 Å². The molecule has 1 heterocycles. The molecule has 1 rings (SSSR count). The van der Waals surface area contributed by atoms with Crippen LogP contribution in [0.2, 0.25) is 0 Å². The summed E-state index contributed by atoms with van der Waals surface area (Å²) in [6, 6.07) is 0.0639. The summed E-state index contributed by atoms with van der Waals surface area (Å²) >= 11 is 0. The summed E-state index contributed by atoms with van der Waals surface area (Å²) in [5.41, 5.74) is 0. The van der Waals surface area contributed by atoms with Crippen molar-refractivity contribution in [2.45, 2.75) is 40.0 Å². The number of nitrogens with zero attached hydrogens (tertiary/aromatic N) is 1. The van der Waals surface area contributed by atoms with Gasteiger partial charge in [-0.05, 0) is 31.1 Å². The van der Waals surface area contributed by atoms with Gasteiger partial charge in [-0.1, -0.05) is 20.8 Å². The smallest absolute Gasteiger partial charge is 0.317 e. The van der Waals surface area contributed by atoms with Gasteiger partial charge in [0.2, 0.25) is 0 Å². The molecule has 1 atom stereocenters. The molecule has 4 heteroatoms. The maximum absolute atomic E-state index is 11.8. The van der Waals surface area contributed by atoms with Gasteiger partial charge in [-0.25, -0.2) is 4.79 Å². The second-order valence-corrected chi connectivity index (χ2v) is 5.72. The van der Waals surface area contributed by atoms with Crippen LogP contribution in [-0.4, -0.2) is 43.8 Å². The second kappa shape index (κ2) is 8.35. The van der Waals surface area contributed by atoms with Crippen molar-refractivity contribution in [1.82, 2.24) is 10.2 Å². The van der Waals surface area contributed by atoms with Crippen molar-refractivity contribution in [3.63, 3.8) is 0 Å². The molecule has 1 N–H and O–H groups in total. The van der Waals surface area contributed by atoms with Gasteiger partial charge in [-0.15, -0.1) is 0 Å². The van der Waals surface area contributed by atoms with Gasteiger partial charge in [0.05, 0.1) is 6.61 Å². The molecular weight excluding hydrogens is 228 g/mol. The molecule has 106 valence electrons. The summed E-state index contributed by atoms with van der Waals surface area (Å²) in [6.07, 6.45) is 3.44. The lowest BCUT2D eigenvalue weighted by Gasteiger charge is -2.30. The van der Waals surface area contributed by atoms with Crippen LogP contribution in [0.1, 0.15) is 40.0 Å². The zero-order valence-corrected chi connectivity index (χ0v) is 12.1. The molecule has 1 aliphatic rings. The van der Waals surface area contributed by atoms with E-state index < -0.39 is 0 Å². The molecule has 0 aliphatic carbocycles. The Hall–Kier alpha value is -0.770. The maximum atomic E-state index is 11.8. The maximum Gasteiger partial charge on any atom is 0.317 e. The van der Waals surface area contributed by atoms with E-state index in [9.17, 15) is 4.79 Å². The van der Waals surface area contributed by atoms with Crippen LogP contribution in [0.3, 0.4) is 0 Å². The molecular formula is C14H28N2O2. The van der Waals surface area contributed by atoms with Gasteiger partial charge < -0.3 is 15.0 Å². The molecule has 1 saturated heterocycles. The Labute approximate surface area is 111 Å². The van der Waals surface area contributed by atoms with Gasteiger partial charge in [-0.3, -0.25) is 0 Å². The summed E-state index contributed by atoms with van der Waals surface area (Å²) < 4.78 is 5.47. The third kappa shape index (κ3) is 6.24. The molecule has 0 aromatic heterocycles. The first-order valence-corrected chi connectivity index (χ1v) is 7.20. The molecule has 0 saturated carbocycles. The Morgan fingerprint density at radius 1 is 1.44 bits per heavy atom. The van der Waals surface area contributed by atoms with Crippen molar-refractivity contribution < 1.29 is 9.53 Å². The number of hydrogen-bond acceptors (Lipinski definition) is 2. The van der Waals surface area contributed by atoms with Crippen molar-refractivity contribution >= 4 is 6.03 Å². The highest BCUT2D eigenvalue weighted by molar-refractivity contribution is 5.74. The Kier molecular flexibility index (Phi) is 7.09. The summed E-state index contributed by atoms with van der Waals surface area (Å²) in [4.78, 5) is 13.8. The Bertz CT molecular complexity index is 244. The van der Waals surface area contributed by atoms with Gasteiger partial charge in [0, 0.05) is 26.2 Å². The Morgan fingerprint density at radius 3 is 2.89 bits per heavy atom. The number of likely N-dealkylation sites (tertiary alicyclic amines) is 1. The van der Waals surface area contributed by atoms with E-state index in [1.54, 1.807) is 0 Å². The van der Waals surface area contributed by atoms with Gasteiger partial charge in [0.15, 0.2) is 0 Å². The first-order valence-electron chi connectivity index (χ1n) is 7.20. The Balaban J connectivity index is 2.02. The fraction of sp³-hybridized carbons (Fsp3) is 0.929. The molecule has 2 amide bonds. The highest BCUT2D eigenvalue weighted by Gasteiger charge is 2.20. The van der Waals surface area contributed by atoms with E-state index in [1.807, 2.05) is 4.90 Å². The minimum absolute atomic E-state index is 0.0639. The zero-order chi connectivity index (χ0) is 13.4. The fourth-order valence-corrected chi connectivity index (χ4v) is 2.14. The summed E-state index contributed by atoms with van der Waals surface area (Å²) in [7, 11) is 0. The van der Waals surface area contributed by atoms with Crippen LogP contribution in [0, 0.1) is 11.8 Å². The second-order valence-electron chi connectivity index (χ2n) is 5.72. The number of amides is 2. The fourth-order valence-electron chi connectivity index (χ4n) is 2.14. The summed E-state index contributed by atoms with van der Waals surface area (Å²) in [5, 5.41) is 2.92. The van der Waals surface area contributed by atoms with Crippen LogP contribution in [-0.2, 0) is 4.74 Å². The molecule has 1 aliphatic heterocycles. The molecule has 0 spiro atoms. The number of hydrogen-bond donors (Lipinski definition) is 1. The summed E-state index contributed by atoms with van der Waals surface area (Å²) in [5.74, 6) is 1.31. The van der Waals surface area contributed by atoms with Crippen molar-refractivity contribution in [1.29, 1.82) is 0 Å². The number of carbonyl (C=O) groups is 1. The molecule has 0 radical (unpaired) electrons. The Morgan fingerprint density at radius 2 is 2.22 bits per heavy atom. The van der Waals surface area contributed by atoms with E-state index >= 15 is 0 Å². The minimum Gasteiger partial charge on any atom is -0.380 e. The van der Waals surface area contributed by atoms with Gasteiger partial charge in [0.25, 0.3) is 0 Å². The standard InChI is InChI=1S/C14H28N2O2/c1-12(2)6-9-18-10-7-15-14(17)16-8-4-5-13(3)11-16/h12-13H,4-11H2,1-3H3,(H,15,17). The largest absolute Gasteiger partial charge is 0.380 e. The molecule has 18 heavy (non-hydrogen) atoms. The third-order valence-electron chi connectivity index (χ3n) is 3.31. The van der Waals surface area contributed by atoms with Crippen LogP contribution in [0.25, 0.3) is 0 Å². The van der Waals surface area contributed by atoms with E-state index in [-0.39, 0.29) is 6.03 Å². The number of piperidine rings is 1. The normalized spacial score (nSPS) is 20.2. The van der Waals surface area contributed by atoms with Crippen molar-refractivity contribution in [3.8, 4) is 0 Å². The first kappa shape index (κ1) is 15.3. The lowest BCUT2D eigenvalue weighted by atomic mass is 10.0. The third-order valence-corrected chi connectivity index (χ3v) is 3.31. The quantitative estimate of drug-likeness (QED) is 0.742. The highest BCUT2D eigenvalue weighted by atomic mass is 16.5. The lowest BCUT2D eigenvalue weighted by molar-refractivity contribution is 0.121. The minimum atomic E-state index is 0.0639. The van der Waals surface area contributed by atoms with E-state index in [0.717, 1.165) is 32.5 Å². The van der Waals surface area contributed by atoms with Crippen LogP contribution in [0.5, 0.6) is 0 Å². The lowest BCUT2D eigenvalue weighted by Crippen LogP contribution is -2.45. The van der Waals surface area contributed by atoms with Gasteiger partial charge in [0.1, 0.15) is 0 Å². The highest BCUT2D eigenvalue weighted by Crippen LogP contribution is 2.14. The molecule has 0 bridgehead atoms. The molecule has 1 fully saturated rings. The SMILES string of the molecule is CC(C)CCOCCNC(=O)N1CCCC(C)C1. The van der Waals surface area contributed by atoms with Crippen LogP contribution in [0.4, 0.5) is 4.79 Å². The predicted molar refractivity (Wildman–Crippen MR) is 73.6 cm³/mol. The van der Waals surface area contributed by atoms with Crippen LogP contribution in [0.15, 0.2) is 0 Å². The number of nitrogens with one attached hydrogen (secondary N) is 1. The average molecular weight is 256 g/mol. The van der Waals surface area contributed by atoms with Gasteiger partial charge >= 0.3 is 6.03 Å². The van der Waals surface area contributed by atoms with Crippen LogP contribution >= 0.6 is 0 Å². The molecule has 0 aromatic carbocycles. The predicted octanol–water partition coefficient (Wildman–Crippen LogP) is 2.49. The van der Waals surface area contributed by atoms with Crippen molar-refractivity contribution in [2.24, 2.45) is 11.8 Å². The van der Waals surface area contributed by atoms with E-state index in [2.05, 4.69) is 26.1 Å². The first-order chi connectivity index (χ1) is 8.59. The molecule has 0 aromatic rings. The van der Waals surface area contributed by atoms with Gasteiger partial charge in [-0.2, -0.15) is 0 Å². The van der Waals surface area contributed by atoms with Crippen molar-refractivity contribution in [3.05, 3.63) is 0 Å². The summed E-state index contributed by atoms with van der Waals surface area (Å²) in [6.45, 7) is 10.4. The number of urea groups is 1. The van der Waals surface area contributed by atoms with Crippen LogP contribution < -0.4 is 5.32 Å².